The van der Waals surface area contributed by atoms with Crippen molar-refractivity contribution in [2.45, 2.75) is 50.5 Å². The Hall–Kier alpha value is -1.06. The van der Waals surface area contributed by atoms with Gasteiger partial charge in [-0.05, 0) is 32.8 Å². The molecule has 3 heteroatoms. The van der Waals surface area contributed by atoms with Crippen LogP contribution in [0.25, 0.3) is 0 Å². The Balaban J connectivity index is 1.74. The summed E-state index contributed by atoms with van der Waals surface area (Å²) in [5, 5.41) is 3.72. The Kier molecular flexibility index (Phi) is 2.83. The minimum Gasteiger partial charge on any atom is -0.486 e. The van der Waals surface area contributed by atoms with E-state index < -0.39 is 0 Å². The van der Waals surface area contributed by atoms with Crippen LogP contribution in [0.3, 0.4) is 0 Å². The quantitative estimate of drug-likeness (QED) is 0.890. The van der Waals surface area contributed by atoms with Gasteiger partial charge in [0.15, 0.2) is 0 Å². The summed E-state index contributed by atoms with van der Waals surface area (Å²) in [6.07, 6.45) is 2.64. The van der Waals surface area contributed by atoms with Gasteiger partial charge in [0.25, 0.3) is 0 Å². The zero-order chi connectivity index (χ0) is 12.8. The molecule has 98 valence electrons. The standard InChI is InChI=1S/C15H21NO2/c1-15(2)14(16-10-8-11(9-10)17-3)12-6-4-5-7-13(12)18-15/h4-7,10-11,14,16H,8-9H2,1-3H3. The van der Waals surface area contributed by atoms with Crippen molar-refractivity contribution in [2.75, 3.05) is 7.11 Å². The van der Waals surface area contributed by atoms with Crippen LogP contribution in [0.15, 0.2) is 24.3 Å². The molecule has 1 aromatic carbocycles. The fraction of sp³-hybridized carbons (Fsp3) is 0.600. The van der Waals surface area contributed by atoms with Gasteiger partial charge in [-0.15, -0.1) is 0 Å². The summed E-state index contributed by atoms with van der Waals surface area (Å²) in [6.45, 7) is 4.30. The highest BCUT2D eigenvalue weighted by atomic mass is 16.5. The van der Waals surface area contributed by atoms with E-state index in [1.165, 1.54) is 5.56 Å². The van der Waals surface area contributed by atoms with E-state index in [0.717, 1.165) is 18.6 Å². The second kappa shape index (κ2) is 4.25. The van der Waals surface area contributed by atoms with E-state index in [9.17, 15) is 0 Å². The SMILES string of the molecule is COC1CC(NC2c3ccccc3OC2(C)C)C1. The van der Waals surface area contributed by atoms with Crippen molar-refractivity contribution >= 4 is 0 Å². The highest BCUT2D eigenvalue weighted by Gasteiger charge is 2.43. The summed E-state index contributed by atoms with van der Waals surface area (Å²) in [5.74, 6) is 1.02. The maximum absolute atomic E-state index is 6.04. The fourth-order valence-corrected chi connectivity index (χ4v) is 2.95. The van der Waals surface area contributed by atoms with Crippen molar-refractivity contribution in [1.29, 1.82) is 0 Å². The van der Waals surface area contributed by atoms with Gasteiger partial charge in [0, 0.05) is 18.7 Å². The fourth-order valence-electron chi connectivity index (χ4n) is 2.95. The molecular weight excluding hydrogens is 226 g/mol. The molecule has 0 spiro atoms. The van der Waals surface area contributed by atoms with Crippen LogP contribution in [0, 0.1) is 0 Å². The molecule has 0 radical (unpaired) electrons. The zero-order valence-electron chi connectivity index (χ0n) is 11.3. The summed E-state index contributed by atoms with van der Waals surface area (Å²) in [5.41, 5.74) is 1.10. The highest BCUT2D eigenvalue weighted by Crippen LogP contribution is 2.43. The van der Waals surface area contributed by atoms with Crippen LogP contribution >= 0.6 is 0 Å². The van der Waals surface area contributed by atoms with Gasteiger partial charge in [-0.25, -0.2) is 0 Å². The third-order valence-electron chi connectivity index (χ3n) is 4.13. The van der Waals surface area contributed by atoms with Crippen LogP contribution in [-0.2, 0) is 4.74 Å². The normalized spacial score (nSPS) is 32.5. The summed E-state index contributed by atoms with van der Waals surface area (Å²) in [7, 11) is 1.79. The molecular formula is C15H21NO2. The number of benzene rings is 1. The number of hydrogen-bond acceptors (Lipinski definition) is 3. The number of methoxy groups -OCH3 is 1. The third kappa shape index (κ3) is 1.91. The summed E-state index contributed by atoms with van der Waals surface area (Å²) < 4.78 is 11.4. The predicted molar refractivity (Wildman–Crippen MR) is 70.8 cm³/mol. The molecule has 3 rings (SSSR count). The van der Waals surface area contributed by atoms with E-state index in [2.05, 4.69) is 37.4 Å². The van der Waals surface area contributed by atoms with E-state index >= 15 is 0 Å². The van der Waals surface area contributed by atoms with E-state index in [-0.39, 0.29) is 11.6 Å². The van der Waals surface area contributed by atoms with E-state index in [1.54, 1.807) is 7.11 Å². The first-order chi connectivity index (χ1) is 8.60. The Morgan fingerprint density at radius 3 is 2.72 bits per heavy atom. The lowest BCUT2D eigenvalue weighted by atomic mass is 9.85. The number of nitrogens with one attached hydrogen (secondary N) is 1. The molecule has 0 aromatic heterocycles. The van der Waals surface area contributed by atoms with Gasteiger partial charge in [-0.1, -0.05) is 18.2 Å². The van der Waals surface area contributed by atoms with E-state index in [0.29, 0.717) is 12.1 Å². The predicted octanol–water partition coefficient (Wildman–Crippen LogP) is 2.67. The van der Waals surface area contributed by atoms with Gasteiger partial charge in [-0.2, -0.15) is 0 Å². The Bertz CT molecular complexity index is 438. The number of fused-ring (bicyclic) bond motifs is 1. The molecule has 1 heterocycles. The minimum absolute atomic E-state index is 0.179. The molecule has 18 heavy (non-hydrogen) atoms. The number of hydrogen-bond donors (Lipinski definition) is 1. The maximum Gasteiger partial charge on any atom is 0.125 e. The third-order valence-corrected chi connectivity index (χ3v) is 4.13. The first kappa shape index (κ1) is 12.0. The first-order valence-electron chi connectivity index (χ1n) is 6.67. The summed E-state index contributed by atoms with van der Waals surface area (Å²) >= 11 is 0. The van der Waals surface area contributed by atoms with Crippen molar-refractivity contribution in [2.24, 2.45) is 0 Å². The van der Waals surface area contributed by atoms with Crippen LogP contribution in [-0.4, -0.2) is 24.9 Å². The topological polar surface area (TPSA) is 30.5 Å². The van der Waals surface area contributed by atoms with Gasteiger partial charge >= 0.3 is 0 Å². The van der Waals surface area contributed by atoms with Crippen molar-refractivity contribution in [3.8, 4) is 5.75 Å². The zero-order valence-corrected chi connectivity index (χ0v) is 11.3. The van der Waals surface area contributed by atoms with Crippen LogP contribution in [0.1, 0.15) is 38.3 Å². The molecule has 1 atom stereocenters. The van der Waals surface area contributed by atoms with Gasteiger partial charge in [0.2, 0.25) is 0 Å². The first-order valence-corrected chi connectivity index (χ1v) is 6.67. The largest absolute Gasteiger partial charge is 0.486 e. The molecule has 1 fully saturated rings. The molecule has 1 N–H and O–H groups in total. The Morgan fingerprint density at radius 1 is 1.28 bits per heavy atom. The van der Waals surface area contributed by atoms with Crippen LogP contribution < -0.4 is 10.1 Å². The van der Waals surface area contributed by atoms with Crippen LogP contribution in [0.2, 0.25) is 0 Å². The second-order valence-corrected chi connectivity index (χ2v) is 5.87. The van der Waals surface area contributed by atoms with Crippen molar-refractivity contribution in [3.05, 3.63) is 29.8 Å². The van der Waals surface area contributed by atoms with Crippen molar-refractivity contribution in [3.63, 3.8) is 0 Å². The molecule has 1 saturated carbocycles. The molecule has 0 bridgehead atoms. The Labute approximate surface area is 108 Å². The monoisotopic (exact) mass is 247 g/mol. The Morgan fingerprint density at radius 2 is 2.00 bits per heavy atom. The lowest BCUT2D eigenvalue weighted by Gasteiger charge is -2.39. The van der Waals surface area contributed by atoms with Gasteiger partial charge in [-0.3, -0.25) is 0 Å². The smallest absolute Gasteiger partial charge is 0.125 e. The lowest BCUT2D eigenvalue weighted by Crippen LogP contribution is -2.50. The molecule has 1 unspecified atom stereocenters. The van der Waals surface area contributed by atoms with Crippen LogP contribution in [0.5, 0.6) is 5.75 Å². The summed E-state index contributed by atoms with van der Waals surface area (Å²) in [6, 6.07) is 9.15. The minimum atomic E-state index is -0.179. The van der Waals surface area contributed by atoms with Gasteiger partial charge in [0.1, 0.15) is 11.4 Å². The second-order valence-electron chi connectivity index (χ2n) is 5.87. The molecule has 1 aliphatic heterocycles. The number of para-hydroxylation sites is 1. The average molecular weight is 247 g/mol. The number of rotatable bonds is 3. The van der Waals surface area contributed by atoms with Gasteiger partial charge < -0.3 is 14.8 Å². The van der Waals surface area contributed by atoms with E-state index in [4.69, 9.17) is 9.47 Å². The summed E-state index contributed by atoms with van der Waals surface area (Å²) in [4.78, 5) is 0. The molecule has 0 amide bonds. The lowest BCUT2D eigenvalue weighted by molar-refractivity contribution is 0.00286. The van der Waals surface area contributed by atoms with E-state index in [1.807, 2.05) is 6.07 Å². The molecule has 0 saturated heterocycles. The molecule has 3 nitrogen and oxygen atoms in total. The van der Waals surface area contributed by atoms with Crippen molar-refractivity contribution in [1.82, 2.24) is 5.32 Å². The maximum atomic E-state index is 6.04. The van der Waals surface area contributed by atoms with Gasteiger partial charge in [0.05, 0.1) is 12.1 Å². The highest BCUT2D eigenvalue weighted by molar-refractivity contribution is 5.42. The number of ether oxygens (including phenoxy) is 2. The molecule has 2 aliphatic rings. The average Bonchev–Trinajstić information content (AvgIpc) is 2.53. The van der Waals surface area contributed by atoms with Crippen LogP contribution in [0.4, 0.5) is 0 Å². The molecule has 1 aromatic rings. The molecule has 1 aliphatic carbocycles. The van der Waals surface area contributed by atoms with Crippen molar-refractivity contribution < 1.29 is 9.47 Å².